The normalized spacial score (nSPS) is 18.6. The van der Waals surface area contributed by atoms with Crippen molar-refractivity contribution in [2.75, 3.05) is 18.5 Å². The van der Waals surface area contributed by atoms with Crippen LogP contribution < -0.4 is 10.1 Å². The van der Waals surface area contributed by atoms with Crippen molar-refractivity contribution in [1.29, 1.82) is 0 Å². The molecule has 1 aromatic carbocycles. The van der Waals surface area contributed by atoms with Crippen LogP contribution in [-0.2, 0) is 9.53 Å². The van der Waals surface area contributed by atoms with E-state index in [1.54, 1.807) is 0 Å². The Morgan fingerprint density at radius 2 is 2.37 bits per heavy atom. The lowest BCUT2D eigenvalue weighted by molar-refractivity contribution is -0.118. The Balaban J connectivity index is 1.89. The third-order valence-electron chi connectivity index (χ3n) is 3.09. The summed E-state index contributed by atoms with van der Waals surface area (Å²) in [6.45, 7) is 5.14. The van der Waals surface area contributed by atoms with Crippen LogP contribution >= 0.6 is 0 Å². The molecule has 1 fully saturated rings. The van der Waals surface area contributed by atoms with Gasteiger partial charge in [0.15, 0.2) is 0 Å². The molecule has 2 rings (SSSR count). The molecule has 1 atom stereocenters. The Kier molecular flexibility index (Phi) is 4.80. The largest absolute Gasteiger partial charge is 0.491 e. The van der Waals surface area contributed by atoms with Crippen LogP contribution in [0.25, 0.3) is 0 Å². The first-order valence-electron chi connectivity index (χ1n) is 6.80. The van der Waals surface area contributed by atoms with Crippen LogP contribution in [0, 0.1) is 5.92 Å². The number of carbonyl (C=O) groups is 1. The first-order valence-corrected chi connectivity index (χ1v) is 6.80. The topological polar surface area (TPSA) is 47.6 Å². The number of amides is 1. The number of carbonyl (C=O) groups excluding carboxylic acids is 1. The van der Waals surface area contributed by atoms with E-state index in [2.05, 4.69) is 5.32 Å². The summed E-state index contributed by atoms with van der Waals surface area (Å²) in [7, 11) is 0. The Morgan fingerprint density at radius 1 is 1.53 bits per heavy atom. The van der Waals surface area contributed by atoms with E-state index >= 15 is 0 Å². The van der Waals surface area contributed by atoms with Crippen LogP contribution in [0.3, 0.4) is 0 Å². The quantitative estimate of drug-likeness (QED) is 0.888. The van der Waals surface area contributed by atoms with Gasteiger partial charge in [0, 0.05) is 24.3 Å². The summed E-state index contributed by atoms with van der Waals surface area (Å²) in [6, 6.07) is 7.47. The van der Waals surface area contributed by atoms with Gasteiger partial charge in [0.05, 0.1) is 6.10 Å². The van der Waals surface area contributed by atoms with Gasteiger partial charge in [-0.2, -0.15) is 0 Å². The van der Waals surface area contributed by atoms with E-state index in [0.717, 1.165) is 30.9 Å². The average molecular weight is 263 g/mol. The molecule has 1 heterocycles. The van der Waals surface area contributed by atoms with Crippen molar-refractivity contribution >= 4 is 11.6 Å². The zero-order chi connectivity index (χ0) is 13.7. The van der Waals surface area contributed by atoms with Crippen LogP contribution in [0.5, 0.6) is 5.75 Å². The van der Waals surface area contributed by atoms with Crippen LogP contribution in [-0.4, -0.2) is 25.2 Å². The van der Waals surface area contributed by atoms with Gasteiger partial charge >= 0.3 is 0 Å². The van der Waals surface area contributed by atoms with Gasteiger partial charge in [0.1, 0.15) is 12.4 Å². The second-order valence-corrected chi connectivity index (χ2v) is 5.12. The number of anilines is 1. The summed E-state index contributed by atoms with van der Waals surface area (Å²) in [5.41, 5.74) is 0.767. The van der Waals surface area contributed by atoms with Crippen molar-refractivity contribution < 1.29 is 14.3 Å². The van der Waals surface area contributed by atoms with Gasteiger partial charge in [-0.3, -0.25) is 4.79 Å². The third kappa shape index (κ3) is 4.24. The van der Waals surface area contributed by atoms with Crippen molar-refractivity contribution in [1.82, 2.24) is 0 Å². The minimum absolute atomic E-state index is 0.0104. The van der Waals surface area contributed by atoms with Gasteiger partial charge in [-0.05, 0) is 25.0 Å². The molecule has 4 heteroatoms. The summed E-state index contributed by atoms with van der Waals surface area (Å²) in [4.78, 5) is 11.6. The second kappa shape index (κ2) is 6.57. The van der Waals surface area contributed by atoms with E-state index in [1.165, 1.54) is 0 Å². The fourth-order valence-corrected chi connectivity index (χ4v) is 1.92. The highest BCUT2D eigenvalue weighted by atomic mass is 16.5. The first-order chi connectivity index (χ1) is 9.15. The molecule has 1 unspecified atom stereocenters. The van der Waals surface area contributed by atoms with Gasteiger partial charge in [-0.1, -0.05) is 19.9 Å². The Bertz CT molecular complexity index is 425. The second-order valence-electron chi connectivity index (χ2n) is 5.12. The summed E-state index contributed by atoms with van der Waals surface area (Å²) in [5.74, 6) is 0.741. The van der Waals surface area contributed by atoms with Gasteiger partial charge in [0.2, 0.25) is 5.91 Å². The molecule has 0 saturated carbocycles. The van der Waals surface area contributed by atoms with Gasteiger partial charge < -0.3 is 14.8 Å². The van der Waals surface area contributed by atoms with Crippen molar-refractivity contribution in [3.8, 4) is 5.75 Å². The predicted molar refractivity (Wildman–Crippen MR) is 74.4 cm³/mol. The number of rotatable bonds is 5. The lowest BCUT2D eigenvalue weighted by atomic mass is 10.2. The Hall–Kier alpha value is -1.55. The Labute approximate surface area is 114 Å². The highest BCUT2D eigenvalue weighted by Crippen LogP contribution is 2.20. The van der Waals surface area contributed by atoms with Crippen LogP contribution in [0.1, 0.15) is 26.7 Å². The number of hydrogen-bond donors (Lipinski definition) is 1. The van der Waals surface area contributed by atoms with Crippen molar-refractivity contribution in [2.24, 2.45) is 5.92 Å². The average Bonchev–Trinajstić information content (AvgIpc) is 2.90. The van der Waals surface area contributed by atoms with Crippen LogP contribution in [0.15, 0.2) is 24.3 Å². The third-order valence-corrected chi connectivity index (χ3v) is 3.09. The van der Waals surface area contributed by atoms with Crippen LogP contribution in [0.4, 0.5) is 5.69 Å². The molecule has 1 aliphatic heterocycles. The lowest BCUT2D eigenvalue weighted by Crippen LogP contribution is -2.18. The minimum atomic E-state index is -0.0311. The van der Waals surface area contributed by atoms with Gasteiger partial charge in [0.25, 0.3) is 0 Å². The summed E-state index contributed by atoms with van der Waals surface area (Å²) < 4.78 is 11.2. The highest BCUT2D eigenvalue weighted by Gasteiger charge is 2.16. The molecule has 1 aromatic rings. The molecule has 1 N–H and O–H groups in total. The summed E-state index contributed by atoms with van der Waals surface area (Å²) >= 11 is 0. The predicted octanol–water partition coefficient (Wildman–Crippen LogP) is 2.84. The minimum Gasteiger partial charge on any atom is -0.491 e. The van der Waals surface area contributed by atoms with E-state index in [1.807, 2.05) is 38.1 Å². The molecule has 0 radical (unpaired) electrons. The Morgan fingerprint density at radius 3 is 3.05 bits per heavy atom. The van der Waals surface area contributed by atoms with E-state index in [4.69, 9.17) is 9.47 Å². The SMILES string of the molecule is CC(C)C(=O)Nc1cccc(OCC2CCCO2)c1. The monoisotopic (exact) mass is 263 g/mol. The molecule has 1 aliphatic rings. The molecule has 0 aromatic heterocycles. The molecule has 1 amide bonds. The van der Waals surface area contributed by atoms with Crippen molar-refractivity contribution in [3.63, 3.8) is 0 Å². The molecule has 0 aliphatic carbocycles. The molecule has 0 bridgehead atoms. The highest BCUT2D eigenvalue weighted by molar-refractivity contribution is 5.92. The molecule has 104 valence electrons. The molecule has 1 saturated heterocycles. The fraction of sp³-hybridized carbons (Fsp3) is 0.533. The smallest absolute Gasteiger partial charge is 0.226 e. The zero-order valence-electron chi connectivity index (χ0n) is 11.5. The molecule has 4 nitrogen and oxygen atoms in total. The number of ether oxygens (including phenoxy) is 2. The number of benzene rings is 1. The lowest BCUT2D eigenvalue weighted by Gasteiger charge is -2.13. The summed E-state index contributed by atoms with van der Waals surface area (Å²) in [6.07, 6.45) is 2.37. The number of nitrogens with one attached hydrogen (secondary N) is 1. The fourth-order valence-electron chi connectivity index (χ4n) is 1.92. The van der Waals surface area contributed by atoms with E-state index in [-0.39, 0.29) is 17.9 Å². The standard InChI is InChI=1S/C15H21NO3/c1-11(2)15(17)16-12-5-3-6-13(9-12)19-10-14-7-4-8-18-14/h3,5-6,9,11,14H,4,7-8,10H2,1-2H3,(H,16,17). The van der Waals surface area contributed by atoms with E-state index < -0.39 is 0 Å². The number of hydrogen-bond acceptors (Lipinski definition) is 3. The molecule has 0 spiro atoms. The van der Waals surface area contributed by atoms with Crippen molar-refractivity contribution in [2.45, 2.75) is 32.8 Å². The summed E-state index contributed by atoms with van der Waals surface area (Å²) in [5, 5.41) is 2.86. The maximum Gasteiger partial charge on any atom is 0.226 e. The van der Waals surface area contributed by atoms with Gasteiger partial charge in [-0.15, -0.1) is 0 Å². The first kappa shape index (κ1) is 13.9. The van der Waals surface area contributed by atoms with Gasteiger partial charge in [-0.25, -0.2) is 0 Å². The van der Waals surface area contributed by atoms with Crippen LogP contribution in [0.2, 0.25) is 0 Å². The molecular formula is C15H21NO3. The zero-order valence-corrected chi connectivity index (χ0v) is 11.5. The van der Waals surface area contributed by atoms with Crippen molar-refractivity contribution in [3.05, 3.63) is 24.3 Å². The molecular weight excluding hydrogens is 242 g/mol. The van der Waals surface area contributed by atoms with E-state index in [9.17, 15) is 4.79 Å². The maximum absolute atomic E-state index is 11.6. The maximum atomic E-state index is 11.6. The van der Waals surface area contributed by atoms with E-state index in [0.29, 0.717) is 6.61 Å². The molecule has 19 heavy (non-hydrogen) atoms.